The Morgan fingerprint density at radius 2 is 2.03 bits per heavy atom. The summed E-state index contributed by atoms with van der Waals surface area (Å²) >= 11 is 1.82. The van der Waals surface area contributed by atoms with Crippen LogP contribution in [0.2, 0.25) is 0 Å². The minimum Gasteiger partial charge on any atom is -0.331 e. The zero-order valence-corrected chi connectivity index (χ0v) is 17.6. The molecular weight excluding hydrogens is 405 g/mol. The Labute approximate surface area is 179 Å². The quantitative estimate of drug-likeness (QED) is 0.780. The van der Waals surface area contributed by atoms with Crippen molar-refractivity contribution in [1.29, 1.82) is 0 Å². The van der Waals surface area contributed by atoms with Gasteiger partial charge in [-0.2, -0.15) is 4.68 Å². The van der Waals surface area contributed by atoms with Crippen LogP contribution in [0.15, 0.2) is 24.3 Å². The molecule has 5 rings (SSSR count). The lowest BCUT2D eigenvalue weighted by Gasteiger charge is -2.35. The van der Waals surface area contributed by atoms with E-state index >= 15 is 0 Å². The topological polar surface area (TPSA) is 79.2 Å². The molecule has 0 bridgehead atoms. The van der Waals surface area contributed by atoms with Gasteiger partial charge in [0, 0.05) is 30.8 Å². The molecule has 0 radical (unpaired) electrons. The lowest BCUT2D eigenvalue weighted by molar-refractivity contribution is -0.131. The van der Waals surface area contributed by atoms with Gasteiger partial charge in [0.1, 0.15) is 11.5 Å². The zero-order valence-electron chi connectivity index (χ0n) is 16.8. The molecule has 0 aliphatic carbocycles. The summed E-state index contributed by atoms with van der Waals surface area (Å²) in [5, 5.41) is 15.5. The molecule has 30 heavy (non-hydrogen) atoms. The van der Waals surface area contributed by atoms with Crippen molar-refractivity contribution in [2.24, 2.45) is 0 Å². The molecular formula is C20H26FN7OS. The predicted molar refractivity (Wildman–Crippen MR) is 112 cm³/mol. The maximum atomic E-state index is 14.2. The van der Waals surface area contributed by atoms with Crippen molar-refractivity contribution in [2.45, 2.75) is 37.3 Å². The minimum atomic E-state index is -0.326. The molecule has 0 saturated carbocycles. The Morgan fingerprint density at radius 3 is 2.80 bits per heavy atom. The number of likely N-dealkylation sites (tertiary alicyclic amines) is 1. The van der Waals surface area contributed by atoms with E-state index in [0.29, 0.717) is 11.7 Å². The molecule has 1 N–H and O–H groups in total. The zero-order chi connectivity index (χ0) is 20.5. The van der Waals surface area contributed by atoms with Gasteiger partial charge in [0.25, 0.3) is 0 Å². The Kier molecular flexibility index (Phi) is 5.70. The van der Waals surface area contributed by atoms with Gasteiger partial charge in [0.05, 0.1) is 11.9 Å². The molecule has 3 fully saturated rings. The van der Waals surface area contributed by atoms with Crippen LogP contribution in [0.4, 0.5) is 4.39 Å². The Morgan fingerprint density at radius 1 is 1.20 bits per heavy atom. The normalized spacial score (nSPS) is 25.8. The molecule has 2 aromatic rings. The monoisotopic (exact) mass is 431 g/mol. The number of thioether (sulfide) groups is 1. The van der Waals surface area contributed by atoms with Crippen LogP contribution in [0.3, 0.4) is 0 Å². The third kappa shape index (κ3) is 3.83. The first-order valence-corrected chi connectivity index (χ1v) is 11.7. The van der Waals surface area contributed by atoms with Gasteiger partial charge in [-0.3, -0.25) is 9.69 Å². The molecule has 1 aromatic carbocycles. The average Bonchev–Trinajstić information content (AvgIpc) is 3.55. The van der Waals surface area contributed by atoms with E-state index in [-0.39, 0.29) is 23.7 Å². The van der Waals surface area contributed by atoms with Crippen LogP contribution in [-0.2, 0) is 4.79 Å². The SMILES string of the molecule is O=C([C@@H]1C[C@H](N2CCC(c3nnnn3-c3ccccc3F)CC2)CN1)N1CCSC1. The molecule has 2 atom stereocenters. The molecule has 10 heteroatoms. The maximum Gasteiger partial charge on any atom is 0.240 e. The van der Waals surface area contributed by atoms with Crippen molar-refractivity contribution < 1.29 is 9.18 Å². The van der Waals surface area contributed by atoms with Crippen LogP contribution in [-0.4, -0.2) is 85.8 Å². The summed E-state index contributed by atoms with van der Waals surface area (Å²) in [7, 11) is 0. The summed E-state index contributed by atoms with van der Waals surface area (Å²) in [4.78, 5) is 17.1. The standard InChI is InChI=1S/C20H26FN7OS/c21-16-3-1-2-4-18(16)28-19(23-24-25-28)14-5-7-26(8-6-14)15-11-17(22-12-15)20(29)27-9-10-30-13-27/h1-4,14-15,17,22H,5-13H2/t15-,17-/m0/s1. The number of piperidine rings is 1. The van der Waals surface area contributed by atoms with Gasteiger partial charge >= 0.3 is 0 Å². The number of tetrazole rings is 1. The van der Waals surface area contributed by atoms with Gasteiger partial charge in [-0.15, -0.1) is 16.9 Å². The van der Waals surface area contributed by atoms with Crippen LogP contribution >= 0.6 is 11.8 Å². The third-order valence-electron chi connectivity index (χ3n) is 6.46. The number of hydrogen-bond donors (Lipinski definition) is 1. The van der Waals surface area contributed by atoms with E-state index in [0.717, 1.165) is 62.9 Å². The number of rotatable bonds is 4. The molecule has 8 nitrogen and oxygen atoms in total. The van der Waals surface area contributed by atoms with Gasteiger partial charge in [-0.25, -0.2) is 4.39 Å². The number of carbonyl (C=O) groups is 1. The molecule has 3 saturated heterocycles. The largest absolute Gasteiger partial charge is 0.331 e. The molecule has 1 aromatic heterocycles. The van der Waals surface area contributed by atoms with Crippen LogP contribution in [0.1, 0.15) is 31.0 Å². The van der Waals surface area contributed by atoms with Crippen LogP contribution < -0.4 is 5.32 Å². The van der Waals surface area contributed by atoms with Gasteiger partial charge < -0.3 is 10.2 Å². The van der Waals surface area contributed by atoms with E-state index in [2.05, 4.69) is 25.7 Å². The predicted octanol–water partition coefficient (Wildman–Crippen LogP) is 1.24. The second-order valence-electron chi connectivity index (χ2n) is 8.20. The van der Waals surface area contributed by atoms with Crippen LogP contribution in [0.25, 0.3) is 5.69 Å². The number of carbonyl (C=O) groups excluding carboxylic acids is 1. The van der Waals surface area contributed by atoms with Crippen molar-refractivity contribution in [2.75, 3.05) is 37.8 Å². The number of aromatic nitrogens is 4. The molecule has 0 unspecified atom stereocenters. The number of benzene rings is 1. The lowest BCUT2D eigenvalue weighted by Crippen LogP contribution is -2.42. The highest BCUT2D eigenvalue weighted by Crippen LogP contribution is 2.30. The summed E-state index contributed by atoms with van der Waals surface area (Å²) in [5.41, 5.74) is 0.390. The third-order valence-corrected chi connectivity index (χ3v) is 7.42. The van der Waals surface area contributed by atoms with Crippen molar-refractivity contribution in [3.8, 4) is 5.69 Å². The summed E-state index contributed by atoms with van der Waals surface area (Å²) in [5.74, 6) is 2.72. The van der Waals surface area contributed by atoms with E-state index in [1.54, 1.807) is 18.2 Å². The summed E-state index contributed by atoms with van der Waals surface area (Å²) in [6.07, 6.45) is 2.72. The van der Waals surface area contributed by atoms with Crippen molar-refractivity contribution in [1.82, 2.24) is 35.3 Å². The van der Waals surface area contributed by atoms with Gasteiger partial charge in [-0.05, 0) is 54.9 Å². The molecule has 1 amide bonds. The van der Waals surface area contributed by atoms with Crippen molar-refractivity contribution in [3.05, 3.63) is 35.9 Å². The number of nitrogens with zero attached hydrogens (tertiary/aromatic N) is 6. The fraction of sp³-hybridized carbons (Fsp3) is 0.600. The highest BCUT2D eigenvalue weighted by Gasteiger charge is 2.37. The van der Waals surface area contributed by atoms with Gasteiger partial charge in [-0.1, -0.05) is 12.1 Å². The van der Waals surface area contributed by atoms with E-state index in [9.17, 15) is 9.18 Å². The fourth-order valence-corrected chi connectivity index (χ4v) is 5.71. The smallest absolute Gasteiger partial charge is 0.240 e. The van der Waals surface area contributed by atoms with Crippen molar-refractivity contribution in [3.63, 3.8) is 0 Å². The Bertz CT molecular complexity index is 895. The number of nitrogens with one attached hydrogen (secondary N) is 1. The first-order chi connectivity index (χ1) is 14.7. The first-order valence-electron chi connectivity index (χ1n) is 10.6. The van der Waals surface area contributed by atoms with E-state index in [4.69, 9.17) is 0 Å². The van der Waals surface area contributed by atoms with Crippen LogP contribution in [0, 0.1) is 5.82 Å². The molecule has 0 spiro atoms. The highest BCUT2D eigenvalue weighted by molar-refractivity contribution is 7.99. The molecule has 160 valence electrons. The number of hydrogen-bond acceptors (Lipinski definition) is 7. The van der Waals surface area contributed by atoms with Gasteiger partial charge in [0.15, 0.2) is 5.82 Å². The van der Waals surface area contributed by atoms with Gasteiger partial charge in [0.2, 0.25) is 5.91 Å². The summed E-state index contributed by atoms with van der Waals surface area (Å²) < 4.78 is 15.8. The van der Waals surface area contributed by atoms with Crippen molar-refractivity contribution >= 4 is 17.7 Å². The fourth-order valence-electron chi connectivity index (χ4n) is 4.76. The van der Waals surface area contributed by atoms with E-state index in [1.807, 2.05) is 16.7 Å². The number of halogens is 1. The first kappa shape index (κ1) is 19.9. The molecule has 4 heterocycles. The molecule has 3 aliphatic heterocycles. The Hall–Kier alpha value is -2.04. The number of para-hydroxylation sites is 1. The second-order valence-corrected chi connectivity index (χ2v) is 9.27. The van der Waals surface area contributed by atoms with E-state index in [1.165, 1.54) is 10.7 Å². The number of amides is 1. The summed E-state index contributed by atoms with van der Waals surface area (Å²) in [6, 6.07) is 6.91. The Balaban J connectivity index is 1.19. The van der Waals surface area contributed by atoms with Crippen LogP contribution in [0.5, 0.6) is 0 Å². The maximum absolute atomic E-state index is 14.2. The summed E-state index contributed by atoms with van der Waals surface area (Å²) in [6.45, 7) is 3.59. The molecule has 3 aliphatic rings. The second kappa shape index (κ2) is 8.60. The lowest BCUT2D eigenvalue weighted by atomic mass is 9.94. The average molecular weight is 432 g/mol. The highest BCUT2D eigenvalue weighted by atomic mass is 32.2. The minimum absolute atomic E-state index is 0.0558. The van der Waals surface area contributed by atoms with E-state index < -0.39 is 0 Å².